The average molecular weight is 374 g/mol. The number of fused-ring (bicyclic) bond motifs is 1. The largest absolute Gasteiger partial charge is 0.367 e. The van der Waals surface area contributed by atoms with E-state index in [0.717, 1.165) is 54.2 Å². The van der Waals surface area contributed by atoms with Gasteiger partial charge in [0.05, 0.1) is 11.6 Å². The van der Waals surface area contributed by atoms with Crippen LogP contribution in [0.2, 0.25) is 0 Å². The molecule has 8 heteroatoms. The van der Waals surface area contributed by atoms with E-state index in [2.05, 4.69) is 71.6 Å². The van der Waals surface area contributed by atoms with Crippen molar-refractivity contribution in [3.8, 4) is 0 Å². The maximum Gasteiger partial charge on any atom is 0.160 e. The zero-order chi connectivity index (χ0) is 18.9. The molecule has 1 fully saturated rings. The smallest absolute Gasteiger partial charge is 0.160 e. The first-order chi connectivity index (χ1) is 13.8. The van der Waals surface area contributed by atoms with Gasteiger partial charge in [0.15, 0.2) is 5.65 Å². The van der Waals surface area contributed by atoms with Crippen LogP contribution in [-0.2, 0) is 13.5 Å². The third kappa shape index (κ3) is 3.11. The highest BCUT2D eigenvalue weighted by molar-refractivity contribution is 5.85. The van der Waals surface area contributed by atoms with Crippen molar-refractivity contribution < 1.29 is 0 Å². The molecule has 0 unspecified atom stereocenters. The number of hydrogen-bond acceptors (Lipinski definition) is 6. The van der Waals surface area contributed by atoms with Crippen molar-refractivity contribution in [3.63, 3.8) is 0 Å². The van der Waals surface area contributed by atoms with E-state index in [-0.39, 0.29) is 0 Å². The molecule has 0 bridgehead atoms. The number of nitrogens with zero attached hydrogens (tertiary/aromatic N) is 6. The Kier molecular flexibility index (Phi) is 4.23. The average Bonchev–Trinajstić information content (AvgIpc) is 3.44. The number of benzene rings is 1. The van der Waals surface area contributed by atoms with Crippen LogP contribution in [-0.4, -0.2) is 41.0 Å². The highest BCUT2D eigenvalue weighted by atomic mass is 15.3. The molecule has 4 aromatic rings. The molecule has 3 heterocycles. The molecule has 1 saturated carbocycles. The van der Waals surface area contributed by atoms with E-state index in [4.69, 9.17) is 0 Å². The summed E-state index contributed by atoms with van der Waals surface area (Å²) in [5, 5.41) is 20.4. The molecule has 0 amide bonds. The van der Waals surface area contributed by atoms with E-state index in [1.54, 1.807) is 12.5 Å². The Morgan fingerprint density at radius 1 is 1.14 bits per heavy atom. The molecule has 1 aromatic carbocycles. The van der Waals surface area contributed by atoms with Gasteiger partial charge < -0.3 is 9.88 Å². The number of rotatable bonds is 5. The third-order valence-corrected chi connectivity index (χ3v) is 5.59. The van der Waals surface area contributed by atoms with Crippen LogP contribution < -0.4 is 5.32 Å². The Hall–Kier alpha value is -3.29. The highest BCUT2D eigenvalue weighted by Crippen LogP contribution is 2.35. The van der Waals surface area contributed by atoms with E-state index in [1.165, 1.54) is 5.56 Å². The summed E-state index contributed by atoms with van der Waals surface area (Å²) in [6.45, 7) is 0. The summed E-state index contributed by atoms with van der Waals surface area (Å²) in [6.07, 6.45) is 7.32. The molecular formula is C20H22N8. The number of hydrogen-bond donors (Lipinski definition) is 2. The van der Waals surface area contributed by atoms with Crippen molar-refractivity contribution in [1.29, 1.82) is 0 Å². The van der Waals surface area contributed by atoms with Gasteiger partial charge in [0, 0.05) is 25.4 Å². The van der Waals surface area contributed by atoms with E-state index < -0.39 is 0 Å². The quantitative estimate of drug-likeness (QED) is 0.557. The lowest BCUT2D eigenvalue weighted by Gasteiger charge is -2.14. The van der Waals surface area contributed by atoms with E-state index in [9.17, 15) is 0 Å². The maximum atomic E-state index is 4.52. The SMILES string of the molecule is Cn1c(Cc2ccccc2)nnc1[C@H]1CC[C@H](Nc2ncnc3[nH]ncc23)C1. The molecule has 28 heavy (non-hydrogen) atoms. The second-order valence-electron chi connectivity index (χ2n) is 7.40. The maximum absolute atomic E-state index is 4.52. The molecule has 142 valence electrons. The zero-order valence-electron chi connectivity index (χ0n) is 15.7. The van der Waals surface area contributed by atoms with Gasteiger partial charge in [0.25, 0.3) is 0 Å². The zero-order valence-corrected chi connectivity index (χ0v) is 15.7. The summed E-state index contributed by atoms with van der Waals surface area (Å²) in [6, 6.07) is 10.8. The fourth-order valence-electron chi connectivity index (χ4n) is 4.08. The lowest BCUT2D eigenvalue weighted by molar-refractivity contribution is 0.616. The monoisotopic (exact) mass is 374 g/mol. The molecule has 0 spiro atoms. The third-order valence-electron chi connectivity index (χ3n) is 5.59. The van der Waals surface area contributed by atoms with Gasteiger partial charge >= 0.3 is 0 Å². The Bertz CT molecular complexity index is 1080. The van der Waals surface area contributed by atoms with Gasteiger partial charge in [-0.2, -0.15) is 5.10 Å². The van der Waals surface area contributed by atoms with E-state index in [1.807, 2.05) is 6.07 Å². The second kappa shape index (κ2) is 7.03. The molecule has 0 aliphatic heterocycles. The minimum Gasteiger partial charge on any atom is -0.367 e. The fourth-order valence-corrected chi connectivity index (χ4v) is 4.08. The molecule has 0 saturated heterocycles. The van der Waals surface area contributed by atoms with Crippen molar-refractivity contribution >= 4 is 16.9 Å². The molecule has 1 aliphatic carbocycles. The summed E-state index contributed by atoms with van der Waals surface area (Å²) in [7, 11) is 2.08. The normalized spacial score (nSPS) is 19.3. The van der Waals surface area contributed by atoms with Crippen LogP contribution >= 0.6 is 0 Å². The summed E-state index contributed by atoms with van der Waals surface area (Å²) < 4.78 is 2.17. The lowest BCUT2D eigenvalue weighted by atomic mass is 10.1. The number of aromatic nitrogens is 7. The van der Waals surface area contributed by atoms with Gasteiger partial charge in [-0.15, -0.1) is 10.2 Å². The van der Waals surface area contributed by atoms with Crippen LogP contribution in [0, 0.1) is 0 Å². The van der Waals surface area contributed by atoms with Gasteiger partial charge in [-0.1, -0.05) is 30.3 Å². The summed E-state index contributed by atoms with van der Waals surface area (Å²) in [4.78, 5) is 8.59. The Morgan fingerprint density at radius 2 is 2.04 bits per heavy atom. The molecule has 2 atom stereocenters. The highest BCUT2D eigenvalue weighted by Gasteiger charge is 2.30. The van der Waals surface area contributed by atoms with Crippen molar-refractivity contribution in [1.82, 2.24) is 34.9 Å². The van der Waals surface area contributed by atoms with Gasteiger partial charge in [-0.3, -0.25) is 5.10 Å². The lowest BCUT2D eigenvalue weighted by Crippen LogP contribution is -2.17. The Morgan fingerprint density at radius 3 is 2.93 bits per heavy atom. The molecule has 8 nitrogen and oxygen atoms in total. The van der Waals surface area contributed by atoms with Gasteiger partial charge in [-0.25, -0.2) is 9.97 Å². The fraction of sp³-hybridized carbons (Fsp3) is 0.350. The number of nitrogens with one attached hydrogen (secondary N) is 2. The molecule has 1 aliphatic rings. The number of anilines is 1. The molecular weight excluding hydrogens is 352 g/mol. The minimum absolute atomic E-state index is 0.354. The van der Waals surface area contributed by atoms with E-state index in [0.29, 0.717) is 12.0 Å². The van der Waals surface area contributed by atoms with Gasteiger partial charge in [0.2, 0.25) is 0 Å². The number of H-pyrrole nitrogens is 1. The summed E-state index contributed by atoms with van der Waals surface area (Å²) in [5.41, 5.74) is 2.01. The first kappa shape index (κ1) is 16.9. The van der Waals surface area contributed by atoms with Crippen molar-refractivity contribution in [3.05, 3.63) is 60.1 Å². The van der Waals surface area contributed by atoms with Crippen LogP contribution in [0.15, 0.2) is 42.9 Å². The topological polar surface area (TPSA) is 97.2 Å². The van der Waals surface area contributed by atoms with Crippen molar-refractivity contribution in [2.45, 2.75) is 37.6 Å². The summed E-state index contributed by atoms with van der Waals surface area (Å²) >= 11 is 0. The molecule has 3 aromatic heterocycles. The van der Waals surface area contributed by atoms with E-state index >= 15 is 0 Å². The predicted molar refractivity (Wildman–Crippen MR) is 106 cm³/mol. The first-order valence-electron chi connectivity index (χ1n) is 9.60. The van der Waals surface area contributed by atoms with Crippen LogP contribution in [0.3, 0.4) is 0 Å². The molecule has 5 rings (SSSR count). The van der Waals surface area contributed by atoms with Crippen LogP contribution in [0.5, 0.6) is 0 Å². The van der Waals surface area contributed by atoms with Crippen LogP contribution in [0.4, 0.5) is 5.82 Å². The van der Waals surface area contributed by atoms with Crippen molar-refractivity contribution in [2.24, 2.45) is 7.05 Å². The Balaban J connectivity index is 1.29. The summed E-state index contributed by atoms with van der Waals surface area (Å²) in [5.74, 6) is 3.33. The molecule has 2 N–H and O–H groups in total. The second-order valence-corrected chi connectivity index (χ2v) is 7.40. The van der Waals surface area contributed by atoms with Crippen LogP contribution in [0.25, 0.3) is 11.0 Å². The van der Waals surface area contributed by atoms with Crippen molar-refractivity contribution in [2.75, 3.05) is 5.32 Å². The molecule has 0 radical (unpaired) electrons. The van der Waals surface area contributed by atoms with Gasteiger partial charge in [0.1, 0.15) is 23.8 Å². The minimum atomic E-state index is 0.354. The first-order valence-corrected chi connectivity index (χ1v) is 9.60. The predicted octanol–water partition coefficient (Wildman–Crippen LogP) is 2.82. The van der Waals surface area contributed by atoms with Gasteiger partial charge in [-0.05, 0) is 24.8 Å². The Labute approximate surface area is 162 Å². The standard InChI is InChI=1S/C20H22N8/c1-28-17(9-13-5-3-2-4-6-13)25-27-20(28)14-7-8-15(10-14)24-18-16-11-23-26-19(16)22-12-21-18/h2-6,11-12,14-15H,7-10H2,1H3,(H2,21,22,23,24,26)/t14-,15-/m0/s1. The van der Waals surface area contributed by atoms with Crippen LogP contribution in [0.1, 0.15) is 42.4 Å². The number of aromatic amines is 1.